The van der Waals surface area contributed by atoms with Gasteiger partial charge in [0.25, 0.3) is 15.9 Å². The van der Waals surface area contributed by atoms with Gasteiger partial charge in [0.15, 0.2) is 0 Å². The lowest BCUT2D eigenvalue weighted by atomic mass is 10.2. The Kier molecular flexibility index (Phi) is 6.04. The molecule has 1 aromatic heterocycles. The fourth-order valence-corrected chi connectivity index (χ4v) is 5.78. The van der Waals surface area contributed by atoms with Crippen LogP contribution in [-0.4, -0.2) is 60.6 Å². The number of sulfonamides is 1. The second-order valence-electron chi connectivity index (χ2n) is 7.84. The van der Waals surface area contributed by atoms with Crippen molar-refractivity contribution in [3.63, 3.8) is 0 Å². The maximum atomic E-state index is 13.3. The minimum atomic E-state index is -3.87. The van der Waals surface area contributed by atoms with Crippen LogP contribution in [0.2, 0.25) is 5.02 Å². The Balaban J connectivity index is 1.48. The van der Waals surface area contributed by atoms with Crippen molar-refractivity contribution in [3.05, 3.63) is 41.0 Å². The number of hydrogen-bond donors (Lipinski definition) is 1. The number of hydrogen-bond acceptors (Lipinski definition) is 5. The molecule has 1 amide bonds. The molecule has 1 saturated heterocycles. The first-order chi connectivity index (χ1) is 14.3. The number of aryl methyl sites for hydroxylation is 1. The number of carbonyl (C=O) groups is 1. The Morgan fingerprint density at radius 3 is 2.37 bits per heavy atom. The highest BCUT2D eigenvalue weighted by molar-refractivity contribution is 7.89. The van der Waals surface area contributed by atoms with E-state index >= 15 is 0 Å². The van der Waals surface area contributed by atoms with Crippen molar-refractivity contribution >= 4 is 33.2 Å². The van der Waals surface area contributed by atoms with Crippen LogP contribution < -0.4 is 10.2 Å². The summed E-state index contributed by atoms with van der Waals surface area (Å²) < 4.78 is 29.4. The summed E-state index contributed by atoms with van der Waals surface area (Å²) in [6.07, 6.45) is 5.52. The highest BCUT2D eigenvalue weighted by atomic mass is 35.5. The van der Waals surface area contributed by atoms with Gasteiger partial charge in [0.05, 0.1) is 5.56 Å². The van der Waals surface area contributed by atoms with Crippen LogP contribution in [-0.2, 0) is 17.1 Å². The summed E-state index contributed by atoms with van der Waals surface area (Å²) >= 11 is 5.95. The maximum absolute atomic E-state index is 13.3. The number of carbonyl (C=O) groups excluding carboxylic acids is 1. The van der Waals surface area contributed by atoms with Crippen LogP contribution in [0.1, 0.15) is 36.0 Å². The molecule has 0 spiro atoms. The minimum Gasteiger partial charge on any atom is -0.369 e. The van der Waals surface area contributed by atoms with Crippen LogP contribution in [0.5, 0.6) is 0 Å². The van der Waals surface area contributed by atoms with Crippen molar-refractivity contribution < 1.29 is 13.2 Å². The number of benzene rings is 1. The van der Waals surface area contributed by atoms with Crippen LogP contribution in [0.4, 0.5) is 5.69 Å². The molecule has 30 heavy (non-hydrogen) atoms. The molecule has 0 atom stereocenters. The van der Waals surface area contributed by atoms with E-state index < -0.39 is 10.0 Å². The summed E-state index contributed by atoms with van der Waals surface area (Å²) in [5.74, 6) is -0.367. The molecule has 1 aliphatic carbocycles. The lowest BCUT2D eigenvalue weighted by Crippen LogP contribution is -2.49. The van der Waals surface area contributed by atoms with Gasteiger partial charge in [-0.3, -0.25) is 9.48 Å². The predicted molar refractivity (Wildman–Crippen MR) is 115 cm³/mol. The summed E-state index contributed by atoms with van der Waals surface area (Å²) in [6.45, 7) is 1.75. The maximum Gasteiger partial charge on any atom is 0.263 e. The van der Waals surface area contributed by atoms with Crippen molar-refractivity contribution in [2.75, 3.05) is 31.1 Å². The Morgan fingerprint density at radius 1 is 1.10 bits per heavy atom. The zero-order valence-electron chi connectivity index (χ0n) is 16.9. The molecular formula is C20H26ClN5O3S. The molecule has 0 unspecified atom stereocenters. The molecule has 4 rings (SSSR count). The van der Waals surface area contributed by atoms with Crippen molar-refractivity contribution in [3.8, 4) is 0 Å². The van der Waals surface area contributed by atoms with Crippen LogP contribution in [0, 0.1) is 0 Å². The summed E-state index contributed by atoms with van der Waals surface area (Å²) in [6, 6.07) is 7.61. The Hall–Kier alpha value is -2.10. The summed E-state index contributed by atoms with van der Waals surface area (Å²) in [7, 11) is -2.24. The first kappa shape index (κ1) is 21.1. The molecule has 2 aromatic rings. The Morgan fingerprint density at radius 2 is 1.73 bits per heavy atom. The lowest BCUT2D eigenvalue weighted by Gasteiger charge is -2.35. The van der Waals surface area contributed by atoms with Crippen LogP contribution in [0.3, 0.4) is 0 Å². The van der Waals surface area contributed by atoms with Crippen molar-refractivity contribution in [1.82, 2.24) is 19.4 Å². The molecule has 162 valence electrons. The van der Waals surface area contributed by atoms with Crippen LogP contribution in [0.15, 0.2) is 35.5 Å². The van der Waals surface area contributed by atoms with Gasteiger partial charge in [-0.1, -0.05) is 24.4 Å². The van der Waals surface area contributed by atoms with Crippen molar-refractivity contribution in [2.24, 2.45) is 7.05 Å². The number of piperazine rings is 1. The van der Waals surface area contributed by atoms with E-state index in [-0.39, 0.29) is 22.5 Å². The molecule has 10 heteroatoms. The Labute approximate surface area is 181 Å². The lowest BCUT2D eigenvalue weighted by molar-refractivity contribution is 0.0934. The molecule has 0 radical (unpaired) electrons. The number of nitrogens with one attached hydrogen (secondary N) is 1. The average Bonchev–Trinajstić information content (AvgIpc) is 3.38. The van der Waals surface area contributed by atoms with Crippen molar-refractivity contribution in [2.45, 2.75) is 36.8 Å². The smallest absolute Gasteiger partial charge is 0.263 e. The largest absolute Gasteiger partial charge is 0.369 e. The van der Waals surface area contributed by atoms with E-state index in [2.05, 4.69) is 15.3 Å². The van der Waals surface area contributed by atoms with E-state index in [4.69, 9.17) is 11.6 Å². The van der Waals surface area contributed by atoms with Crippen LogP contribution in [0.25, 0.3) is 0 Å². The average molecular weight is 452 g/mol. The number of anilines is 1. The van der Waals surface area contributed by atoms with Gasteiger partial charge in [-0.05, 0) is 37.1 Å². The molecule has 2 fully saturated rings. The van der Waals surface area contributed by atoms with E-state index in [9.17, 15) is 13.2 Å². The molecule has 1 saturated carbocycles. The van der Waals surface area contributed by atoms with E-state index in [0.717, 1.165) is 31.4 Å². The normalized spacial score (nSPS) is 18.7. The predicted octanol–water partition coefficient (Wildman–Crippen LogP) is 2.26. The topological polar surface area (TPSA) is 87.5 Å². The molecule has 1 aromatic carbocycles. The van der Waals surface area contributed by atoms with Gasteiger partial charge < -0.3 is 10.2 Å². The van der Waals surface area contributed by atoms with E-state index in [0.29, 0.717) is 31.2 Å². The highest BCUT2D eigenvalue weighted by Gasteiger charge is 2.35. The van der Waals surface area contributed by atoms with Gasteiger partial charge in [0.2, 0.25) is 5.03 Å². The third-order valence-corrected chi connectivity index (χ3v) is 7.83. The quantitative estimate of drug-likeness (QED) is 0.753. The summed E-state index contributed by atoms with van der Waals surface area (Å²) in [4.78, 5) is 14.9. The third-order valence-electron chi connectivity index (χ3n) is 5.74. The van der Waals surface area contributed by atoms with Gasteiger partial charge in [-0.25, -0.2) is 8.42 Å². The van der Waals surface area contributed by atoms with Gasteiger partial charge in [0.1, 0.15) is 0 Å². The van der Waals surface area contributed by atoms with E-state index in [1.54, 1.807) is 7.05 Å². The third kappa shape index (κ3) is 4.33. The standard InChI is InChI=1S/C20H26ClN5O3S/c1-24-14-18(19(27)22-16-4-2-3-5-16)20(23-24)30(28,29)26-12-10-25(11-13-26)17-8-6-15(21)7-9-17/h6-9,14,16H,2-5,10-13H2,1H3,(H,22,27). The number of rotatable bonds is 5. The molecular weight excluding hydrogens is 426 g/mol. The Bertz CT molecular complexity index is 1010. The molecule has 0 bridgehead atoms. The molecule has 2 heterocycles. The van der Waals surface area contributed by atoms with Gasteiger partial charge in [0, 0.05) is 56.2 Å². The molecule has 8 nitrogen and oxygen atoms in total. The zero-order chi connectivity index (χ0) is 21.3. The fourth-order valence-electron chi connectivity index (χ4n) is 4.11. The minimum absolute atomic E-state index is 0.108. The number of nitrogens with zero attached hydrogens (tertiary/aromatic N) is 4. The number of amides is 1. The van der Waals surface area contributed by atoms with Crippen molar-refractivity contribution in [1.29, 1.82) is 0 Å². The first-order valence-electron chi connectivity index (χ1n) is 10.2. The first-order valence-corrected chi connectivity index (χ1v) is 12.0. The number of aromatic nitrogens is 2. The number of halogens is 1. The van der Waals surface area contributed by atoms with Gasteiger partial charge in [-0.15, -0.1) is 0 Å². The van der Waals surface area contributed by atoms with Gasteiger partial charge in [-0.2, -0.15) is 9.40 Å². The van der Waals surface area contributed by atoms with E-state index in [1.807, 2.05) is 24.3 Å². The zero-order valence-corrected chi connectivity index (χ0v) is 18.5. The fraction of sp³-hybridized carbons (Fsp3) is 0.500. The molecule has 2 aliphatic rings. The summed E-state index contributed by atoms with van der Waals surface area (Å²) in [5.41, 5.74) is 1.12. The van der Waals surface area contributed by atoms with E-state index in [1.165, 1.54) is 15.2 Å². The molecule has 1 aliphatic heterocycles. The monoisotopic (exact) mass is 451 g/mol. The highest BCUT2D eigenvalue weighted by Crippen LogP contribution is 2.24. The summed E-state index contributed by atoms with van der Waals surface area (Å²) in [5, 5.41) is 7.60. The second kappa shape index (κ2) is 8.56. The van der Waals surface area contributed by atoms with Crippen LogP contribution >= 0.6 is 11.6 Å². The SMILES string of the molecule is Cn1cc(C(=O)NC2CCCC2)c(S(=O)(=O)N2CCN(c3ccc(Cl)cc3)CC2)n1. The van der Waals surface area contributed by atoms with Gasteiger partial charge >= 0.3 is 0 Å². The molecule has 1 N–H and O–H groups in total. The second-order valence-corrected chi connectivity index (χ2v) is 10.1.